The highest BCUT2D eigenvalue weighted by atomic mass is 35.5. The number of para-hydroxylation sites is 1. The molecule has 0 radical (unpaired) electrons. The number of amides is 1. The number of carbonyl (C=O) groups excluding carboxylic acids is 1. The van der Waals surface area contributed by atoms with Crippen LogP contribution in [0.4, 0.5) is 0 Å². The van der Waals surface area contributed by atoms with Crippen molar-refractivity contribution in [3.05, 3.63) is 70.8 Å². The molecule has 0 aliphatic heterocycles. The lowest BCUT2D eigenvalue weighted by molar-refractivity contribution is -0.120. The van der Waals surface area contributed by atoms with E-state index in [-0.39, 0.29) is 5.91 Å². The zero-order valence-corrected chi connectivity index (χ0v) is 14.5. The van der Waals surface area contributed by atoms with Gasteiger partial charge in [0, 0.05) is 29.0 Å². The number of hydrogen-bond acceptors (Lipinski definition) is 2. The van der Waals surface area contributed by atoms with Gasteiger partial charge >= 0.3 is 0 Å². The van der Waals surface area contributed by atoms with Gasteiger partial charge in [-0.05, 0) is 30.7 Å². The first-order chi connectivity index (χ1) is 12.1. The number of hydrogen-bond donors (Lipinski definition) is 2. The molecule has 2 N–H and O–H groups in total. The molecule has 0 bridgehead atoms. The van der Waals surface area contributed by atoms with Crippen LogP contribution in [0.5, 0.6) is 0 Å². The van der Waals surface area contributed by atoms with Gasteiger partial charge in [-0.1, -0.05) is 29.8 Å². The number of benzene rings is 1. The first kappa shape index (κ1) is 15.7. The Labute approximate surface area is 149 Å². The molecular formula is C19H17ClN4O. The second kappa shape index (κ2) is 6.26. The minimum Gasteiger partial charge on any atom is -0.358 e. The summed E-state index contributed by atoms with van der Waals surface area (Å²) in [6.45, 7) is 2.38. The fraction of sp³-hybridized carbons (Fsp3) is 0.158. The van der Waals surface area contributed by atoms with E-state index in [1.165, 1.54) is 0 Å². The topological polar surface area (TPSA) is 62.2 Å². The van der Waals surface area contributed by atoms with Crippen LogP contribution < -0.4 is 5.32 Å². The van der Waals surface area contributed by atoms with E-state index in [4.69, 9.17) is 11.6 Å². The molecule has 0 unspecified atom stereocenters. The molecule has 0 saturated carbocycles. The van der Waals surface area contributed by atoms with Crippen molar-refractivity contribution in [1.29, 1.82) is 0 Å². The van der Waals surface area contributed by atoms with Crippen molar-refractivity contribution in [1.82, 2.24) is 19.7 Å². The largest absolute Gasteiger partial charge is 0.358 e. The molecule has 1 amide bonds. The molecule has 0 saturated heterocycles. The number of aryl methyl sites for hydroxylation is 1. The molecule has 25 heavy (non-hydrogen) atoms. The Hall–Kier alpha value is -2.79. The third kappa shape index (κ3) is 3.10. The third-order valence-corrected chi connectivity index (χ3v) is 4.52. The average molecular weight is 353 g/mol. The monoisotopic (exact) mass is 352 g/mol. The van der Waals surface area contributed by atoms with Crippen molar-refractivity contribution in [3.8, 4) is 0 Å². The SMILES string of the molecule is Cc1[nH]c2ccccc2c1CC(=O)NCc1cn2cc(Cl)ccc2n1. The van der Waals surface area contributed by atoms with Gasteiger partial charge in [-0.3, -0.25) is 4.79 Å². The van der Waals surface area contributed by atoms with E-state index in [2.05, 4.69) is 15.3 Å². The van der Waals surface area contributed by atoms with Gasteiger partial charge in [-0.25, -0.2) is 4.98 Å². The highest BCUT2D eigenvalue weighted by molar-refractivity contribution is 6.30. The minimum absolute atomic E-state index is 0.0251. The summed E-state index contributed by atoms with van der Waals surface area (Å²) in [4.78, 5) is 20.2. The van der Waals surface area contributed by atoms with Crippen LogP contribution in [0.25, 0.3) is 16.6 Å². The number of imidazole rings is 1. The molecule has 0 spiro atoms. The van der Waals surface area contributed by atoms with E-state index in [0.29, 0.717) is 18.0 Å². The van der Waals surface area contributed by atoms with Crippen molar-refractivity contribution in [2.24, 2.45) is 0 Å². The van der Waals surface area contributed by atoms with Crippen molar-refractivity contribution in [3.63, 3.8) is 0 Å². The van der Waals surface area contributed by atoms with Gasteiger partial charge in [-0.2, -0.15) is 0 Å². The summed E-state index contributed by atoms with van der Waals surface area (Å²) < 4.78 is 1.85. The molecule has 1 aromatic carbocycles. The molecule has 3 heterocycles. The van der Waals surface area contributed by atoms with Crippen molar-refractivity contribution in [2.75, 3.05) is 0 Å². The van der Waals surface area contributed by atoms with Crippen LogP contribution in [0.3, 0.4) is 0 Å². The summed E-state index contributed by atoms with van der Waals surface area (Å²) in [6.07, 6.45) is 4.01. The quantitative estimate of drug-likeness (QED) is 0.589. The number of H-pyrrole nitrogens is 1. The summed E-state index contributed by atoms with van der Waals surface area (Å²) in [7, 11) is 0. The predicted octanol–water partition coefficient (Wildman–Crippen LogP) is 3.64. The minimum atomic E-state index is -0.0251. The van der Waals surface area contributed by atoms with Crippen LogP contribution in [0, 0.1) is 6.92 Å². The smallest absolute Gasteiger partial charge is 0.224 e. The molecule has 5 nitrogen and oxygen atoms in total. The van der Waals surface area contributed by atoms with Gasteiger partial charge in [0.1, 0.15) is 5.65 Å². The second-order valence-electron chi connectivity index (χ2n) is 6.07. The van der Waals surface area contributed by atoms with Crippen LogP contribution in [-0.4, -0.2) is 20.3 Å². The predicted molar refractivity (Wildman–Crippen MR) is 98.8 cm³/mol. The molecule has 3 aromatic heterocycles. The van der Waals surface area contributed by atoms with Crippen LogP contribution >= 0.6 is 11.6 Å². The number of rotatable bonds is 4. The zero-order chi connectivity index (χ0) is 17.4. The fourth-order valence-electron chi connectivity index (χ4n) is 3.08. The van der Waals surface area contributed by atoms with Crippen molar-refractivity contribution >= 4 is 34.1 Å². The Morgan fingerprint density at radius 1 is 1.24 bits per heavy atom. The summed E-state index contributed by atoms with van der Waals surface area (Å²) in [5.41, 5.74) is 4.72. The molecular weight excluding hydrogens is 336 g/mol. The maximum atomic E-state index is 12.4. The molecule has 4 rings (SSSR count). The Morgan fingerprint density at radius 2 is 2.08 bits per heavy atom. The maximum absolute atomic E-state index is 12.4. The molecule has 0 atom stereocenters. The van der Waals surface area contributed by atoms with E-state index < -0.39 is 0 Å². The molecule has 0 aliphatic rings. The lowest BCUT2D eigenvalue weighted by Gasteiger charge is -2.04. The van der Waals surface area contributed by atoms with Crippen LogP contribution in [-0.2, 0) is 17.8 Å². The van der Waals surface area contributed by atoms with E-state index in [1.807, 2.05) is 47.9 Å². The highest BCUT2D eigenvalue weighted by Gasteiger charge is 2.12. The number of nitrogens with one attached hydrogen (secondary N) is 2. The van der Waals surface area contributed by atoms with Crippen molar-refractivity contribution in [2.45, 2.75) is 19.9 Å². The van der Waals surface area contributed by atoms with Crippen LogP contribution in [0.2, 0.25) is 5.02 Å². The Balaban J connectivity index is 1.47. The summed E-state index contributed by atoms with van der Waals surface area (Å²) >= 11 is 5.98. The molecule has 4 aromatic rings. The summed E-state index contributed by atoms with van der Waals surface area (Å²) in [5.74, 6) is -0.0251. The lowest BCUT2D eigenvalue weighted by Crippen LogP contribution is -2.24. The Kier molecular flexibility index (Phi) is 3.93. The molecule has 6 heteroatoms. The Bertz CT molecular complexity index is 1080. The third-order valence-electron chi connectivity index (χ3n) is 4.30. The van der Waals surface area contributed by atoms with E-state index in [9.17, 15) is 4.79 Å². The first-order valence-electron chi connectivity index (χ1n) is 8.06. The fourth-order valence-corrected chi connectivity index (χ4v) is 3.25. The molecule has 0 fully saturated rings. The average Bonchev–Trinajstić information content (AvgIpc) is 3.13. The standard InChI is InChI=1S/C19H17ClN4O/c1-12-16(15-4-2-3-5-17(15)22-12)8-19(25)21-9-14-11-24-10-13(20)6-7-18(24)23-14/h2-7,10-11,22H,8-9H2,1H3,(H,21,25). The summed E-state index contributed by atoms with van der Waals surface area (Å²) in [5, 5.41) is 4.69. The number of pyridine rings is 1. The second-order valence-corrected chi connectivity index (χ2v) is 6.51. The number of carbonyl (C=O) groups is 1. The molecule has 126 valence electrons. The first-order valence-corrected chi connectivity index (χ1v) is 8.44. The zero-order valence-electron chi connectivity index (χ0n) is 13.7. The Morgan fingerprint density at radius 3 is 2.96 bits per heavy atom. The number of nitrogens with zero attached hydrogens (tertiary/aromatic N) is 2. The number of aromatic nitrogens is 3. The van der Waals surface area contributed by atoms with Gasteiger partial charge in [-0.15, -0.1) is 0 Å². The van der Waals surface area contributed by atoms with Gasteiger partial charge < -0.3 is 14.7 Å². The van der Waals surface area contributed by atoms with Crippen LogP contribution in [0.15, 0.2) is 48.8 Å². The number of fused-ring (bicyclic) bond motifs is 2. The van der Waals surface area contributed by atoms with E-state index >= 15 is 0 Å². The van der Waals surface area contributed by atoms with Gasteiger partial charge in [0.25, 0.3) is 0 Å². The van der Waals surface area contributed by atoms with Gasteiger partial charge in [0.15, 0.2) is 0 Å². The number of aromatic amines is 1. The van der Waals surface area contributed by atoms with Gasteiger partial charge in [0.2, 0.25) is 5.91 Å². The van der Waals surface area contributed by atoms with Crippen LogP contribution in [0.1, 0.15) is 17.0 Å². The van der Waals surface area contributed by atoms with E-state index in [1.54, 1.807) is 12.3 Å². The van der Waals surface area contributed by atoms with E-state index in [0.717, 1.165) is 33.5 Å². The number of halogens is 1. The maximum Gasteiger partial charge on any atom is 0.224 e. The normalized spacial score (nSPS) is 11.3. The lowest BCUT2D eigenvalue weighted by atomic mass is 10.1. The van der Waals surface area contributed by atoms with Crippen molar-refractivity contribution < 1.29 is 4.79 Å². The van der Waals surface area contributed by atoms with Gasteiger partial charge in [0.05, 0.1) is 23.7 Å². The highest BCUT2D eigenvalue weighted by Crippen LogP contribution is 2.22. The molecule has 0 aliphatic carbocycles. The summed E-state index contributed by atoms with van der Waals surface area (Å²) in [6, 6.07) is 11.7.